The lowest BCUT2D eigenvalue weighted by Gasteiger charge is -1.93. The van der Waals surface area contributed by atoms with Gasteiger partial charge in [-0.25, -0.2) is 0 Å². The van der Waals surface area contributed by atoms with Gasteiger partial charge in [-0.1, -0.05) is 0 Å². The molecule has 0 aliphatic heterocycles. The van der Waals surface area contributed by atoms with Crippen molar-refractivity contribution in [3.05, 3.63) is 0 Å². The topological polar surface area (TPSA) is 26.0 Å². The van der Waals surface area contributed by atoms with Crippen molar-refractivity contribution in [1.29, 1.82) is 0 Å². The Kier molecular flexibility index (Phi) is 2.70. The summed E-state index contributed by atoms with van der Waals surface area (Å²) >= 11 is 2.09. The Morgan fingerprint density at radius 3 is 2.75 bits per heavy atom. The Morgan fingerprint density at radius 2 is 2.25 bits per heavy atom. The number of rotatable bonds is 4. The zero-order valence-electron chi connectivity index (χ0n) is 5.10. The van der Waals surface area contributed by atoms with Crippen LogP contribution in [-0.4, -0.2) is 17.5 Å². The van der Waals surface area contributed by atoms with E-state index >= 15 is 0 Å². The quantitative estimate of drug-likeness (QED) is 0.581. The summed E-state index contributed by atoms with van der Waals surface area (Å²) < 4.78 is 0. The second-order valence-corrected chi connectivity index (χ2v) is 3.62. The van der Waals surface area contributed by atoms with Crippen molar-refractivity contribution in [1.82, 2.24) is 0 Å². The van der Waals surface area contributed by atoms with Gasteiger partial charge in [-0.15, -0.1) is 0 Å². The molecule has 0 atom stereocenters. The molecule has 1 fully saturated rings. The summed E-state index contributed by atoms with van der Waals surface area (Å²) in [5.74, 6) is 1.28. The molecule has 1 saturated carbocycles. The minimum atomic E-state index is 0.861. The summed E-state index contributed by atoms with van der Waals surface area (Å²) in [7, 11) is 0. The van der Waals surface area contributed by atoms with Gasteiger partial charge in [0, 0.05) is 5.25 Å². The highest BCUT2D eigenvalue weighted by atomic mass is 32.2. The smallest absolute Gasteiger partial charge is 0.00478 e. The maximum atomic E-state index is 5.32. The van der Waals surface area contributed by atoms with Crippen LogP contribution >= 0.6 is 11.8 Å². The zero-order valence-corrected chi connectivity index (χ0v) is 5.91. The van der Waals surface area contributed by atoms with Gasteiger partial charge in [-0.2, -0.15) is 11.8 Å². The molecule has 0 unspecified atom stereocenters. The summed E-state index contributed by atoms with van der Waals surface area (Å²) in [6, 6.07) is 0. The van der Waals surface area contributed by atoms with Gasteiger partial charge in [-0.3, -0.25) is 0 Å². The minimum absolute atomic E-state index is 0.861. The molecule has 48 valence electrons. The normalized spacial score (nSPS) is 19.1. The standard InChI is InChI=1S/C6H13NS/c7-4-1-5-8-6-2-3-6/h6H,1-5,7H2. The maximum Gasteiger partial charge on any atom is 0.00478 e. The predicted molar refractivity (Wildman–Crippen MR) is 39.2 cm³/mol. The number of nitrogens with two attached hydrogens (primary N) is 1. The lowest BCUT2D eigenvalue weighted by Crippen LogP contribution is -1.99. The number of hydrogen-bond donors (Lipinski definition) is 1. The molecule has 0 saturated heterocycles. The number of hydrogen-bond acceptors (Lipinski definition) is 2. The summed E-state index contributed by atoms with van der Waals surface area (Å²) in [5, 5.41) is 1.02. The Morgan fingerprint density at radius 1 is 1.50 bits per heavy atom. The van der Waals surface area contributed by atoms with Crippen molar-refractivity contribution < 1.29 is 0 Å². The molecule has 0 aromatic heterocycles. The summed E-state index contributed by atoms with van der Waals surface area (Å²) in [6.07, 6.45) is 4.10. The largest absolute Gasteiger partial charge is 0.330 e. The molecule has 0 bridgehead atoms. The van der Waals surface area contributed by atoms with E-state index in [0.717, 1.165) is 11.8 Å². The van der Waals surface area contributed by atoms with Crippen molar-refractivity contribution in [3.63, 3.8) is 0 Å². The second-order valence-electron chi connectivity index (χ2n) is 2.21. The van der Waals surface area contributed by atoms with Crippen molar-refractivity contribution in [3.8, 4) is 0 Å². The van der Waals surface area contributed by atoms with Gasteiger partial charge in [0.15, 0.2) is 0 Å². The minimum Gasteiger partial charge on any atom is -0.330 e. The highest BCUT2D eigenvalue weighted by molar-refractivity contribution is 8.00. The maximum absolute atomic E-state index is 5.32. The lowest BCUT2D eigenvalue weighted by molar-refractivity contribution is 0.943. The third kappa shape index (κ3) is 2.58. The second kappa shape index (κ2) is 3.36. The van der Waals surface area contributed by atoms with E-state index in [4.69, 9.17) is 5.73 Å². The van der Waals surface area contributed by atoms with E-state index in [1.54, 1.807) is 0 Å². The zero-order chi connectivity index (χ0) is 5.82. The molecule has 8 heavy (non-hydrogen) atoms. The third-order valence-corrected chi connectivity index (χ3v) is 2.69. The average Bonchev–Trinajstić information content (AvgIpc) is 2.51. The molecule has 0 heterocycles. The predicted octanol–water partition coefficient (Wildman–Crippen LogP) is 1.23. The van der Waals surface area contributed by atoms with Crippen molar-refractivity contribution >= 4 is 11.8 Å². The van der Waals surface area contributed by atoms with Gasteiger partial charge in [0.1, 0.15) is 0 Å². The third-order valence-electron chi connectivity index (χ3n) is 1.23. The van der Waals surface area contributed by atoms with Crippen LogP contribution in [-0.2, 0) is 0 Å². The summed E-state index contributed by atoms with van der Waals surface area (Å²) in [4.78, 5) is 0. The van der Waals surface area contributed by atoms with Gasteiger partial charge >= 0.3 is 0 Å². The SMILES string of the molecule is NCCCSC1CC1. The van der Waals surface area contributed by atoms with Crippen molar-refractivity contribution in [2.75, 3.05) is 12.3 Å². The van der Waals surface area contributed by atoms with E-state index in [2.05, 4.69) is 11.8 Å². The van der Waals surface area contributed by atoms with Crippen molar-refractivity contribution in [2.45, 2.75) is 24.5 Å². The molecule has 0 aromatic carbocycles. The molecule has 1 aliphatic carbocycles. The molecule has 2 N–H and O–H groups in total. The van der Waals surface area contributed by atoms with Crippen LogP contribution in [0, 0.1) is 0 Å². The molecule has 1 rings (SSSR count). The molecule has 0 aromatic rings. The van der Waals surface area contributed by atoms with Gasteiger partial charge in [0.25, 0.3) is 0 Å². The monoisotopic (exact) mass is 131 g/mol. The fraction of sp³-hybridized carbons (Fsp3) is 1.00. The van der Waals surface area contributed by atoms with Gasteiger partial charge < -0.3 is 5.73 Å². The fourth-order valence-corrected chi connectivity index (χ4v) is 1.70. The molecular weight excluding hydrogens is 118 g/mol. The van der Waals surface area contributed by atoms with Crippen LogP contribution in [0.2, 0.25) is 0 Å². The first-order valence-electron chi connectivity index (χ1n) is 3.25. The molecule has 0 radical (unpaired) electrons. The van der Waals surface area contributed by atoms with E-state index in [1.165, 1.54) is 25.0 Å². The Bertz CT molecular complexity index is 61.5. The Balaban J connectivity index is 1.74. The van der Waals surface area contributed by atoms with E-state index in [9.17, 15) is 0 Å². The van der Waals surface area contributed by atoms with Gasteiger partial charge in [0.05, 0.1) is 0 Å². The van der Waals surface area contributed by atoms with Gasteiger partial charge in [0.2, 0.25) is 0 Å². The van der Waals surface area contributed by atoms with Crippen LogP contribution in [0.25, 0.3) is 0 Å². The number of thioether (sulfide) groups is 1. The van der Waals surface area contributed by atoms with Crippen LogP contribution < -0.4 is 5.73 Å². The molecule has 1 nitrogen and oxygen atoms in total. The van der Waals surface area contributed by atoms with Gasteiger partial charge in [-0.05, 0) is 31.6 Å². The molecule has 2 heteroatoms. The Hall–Kier alpha value is 0.310. The Labute approximate surface area is 55.0 Å². The van der Waals surface area contributed by atoms with Crippen molar-refractivity contribution in [2.24, 2.45) is 5.73 Å². The van der Waals surface area contributed by atoms with E-state index in [0.29, 0.717) is 0 Å². The molecule has 1 aliphatic rings. The highest BCUT2D eigenvalue weighted by Gasteiger charge is 2.20. The van der Waals surface area contributed by atoms with Crippen LogP contribution in [0.3, 0.4) is 0 Å². The first kappa shape index (κ1) is 6.43. The molecular formula is C6H13NS. The lowest BCUT2D eigenvalue weighted by atomic mass is 10.5. The summed E-state index contributed by atoms with van der Waals surface area (Å²) in [6.45, 7) is 0.861. The van der Waals surface area contributed by atoms with Crippen LogP contribution in [0.4, 0.5) is 0 Å². The summed E-state index contributed by atoms with van der Waals surface area (Å²) in [5.41, 5.74) is 5.32. The highest BCUT2D eigenvalue weighted by Crippen LogP contribution is 2.33. The first-order valence-corrected chi connectivity index (χ1v) is 4.30. The molecule has 0 amide bonds. The van der Waals surface area contributed by atoms with E-state index in [1.807, 2.05) is 0 Å². The average molecular weight is 131 g/mol. The fourth-order valence-electron chi connectivity index (χ4n) is 0.568. The van der Waals surface area contributed by atoms with E-state index < -0.39 is 0 Å². The van der Waals surface area contributed by atoms with Crippen LogP contribution in [0.15, 0.2) is 0 Å². The van der Waals surface area contributed by atoms with E-state index in [-0.39, 0.29) is 0 Å². The van der Waals surface area contributed by atoms with Crippen LogP contribution in [0.1, 0.15) is 19.3 Å². The first-order chi connectivity index (χ1) is 3.93. The molecule has 0 spiro atoms. The van der Waals surface area contributed by atoms with Crippen LogP contribution in [0.5, 0.6) is 0 Å².